The molecule has 1 saturated heterocycles. The Morgan fingerprint density at radius 3 is 2.67 bits per heavy atom. The first-order valence-electron chi connectivity index (χ1n) is 6.70. The van der Waals surface area contributed by atoms with Gasteiger partial charge in [-0.05, 0) is 52.0 Å². The van der Waals surface area contributed by atoms with Crippen molar-refractivity contribution in [2.24, 2.45) is 0 Å². The minimum absolute atomic E-state index is 0.334. The lowest BCUT2D eigenvalue weighted by atomic mass is 10.4. The highest BCUT2D eigenvalue weighted by molar-refractivity contribution is 7.71. The van der Waals surface area contributed by atoms with E-state index >= 15 is 0 Å². The average Bonchev–Trinajstić information content (AvgIpc) is 2.94. The van der Waals surface area contributed by atoms with Gasteiger partial charge in [0.25, 0.3) is 0 Å². The average molecular weight is 269 g/mol. The second kappa shape index (κ2) is 5.84. The molecule has 1 fully saturated rings. The summed E-state index contributed by atoms with van der Waals surface area (Å²) in [5, 5.41) is 7.22. The van der Waals surface area contributed by atoms with Gasteiger partial charge in [-0.2, -0.15) is 0 Å². The molecule has 0 radical (unpaired) electrons. The van der Waals surface area contributed by atoms with Crippen LogP contribution in [0.5, 0.6) is 0 Å². The fourth-order valence-electron chi connectivity index (χ4n) is 2.43. The number of nitrogens with zero attached hydrogens (tertiary/aromatic N) is 4. The van der Waals surface area contributed by atoms with Crippen LogP contribution in [-0.4, -0.2) is 52.9 Å². The highest BCUT2D eigenvalue weighted by Gasteiger charge is 2.16. The lowest BCUT2D eigenvalue weighted by molar-refractivity contribution is 0.345. The van der Waals surface area contributed by atoms with E-state index in [0.717, 1.165) is 19.0 Å². The largest absolute Gasteiger partial charge is 0.343 e. The number of rotatable bonds is 5. The van der Waals surface area contributed by atoms with Gasteiger partial charge in [0.05, 0.1) is 0 Å². The topological polar surface area (TPSA) is 40.1 Å². The highest BCUT2D eigenvalue weighted by atomic mass is 32.1. The molecule has 6 heteroatoms. The van der Waals surface area contributed by atoms with E-state index in [0.29, 0.717) is 10.8 Å². The van der Waals surface area contributed by atoms with Crippen molar-refractivity contribution in [2.75, 3.05) is 38.1 Å². The Morgan fingerprint density at radius 1 is 1.39 bits per heavy atom. The fourth-order valence-corrected chi connectivity index (χ4v) is 2.77. The number of H-pyrrole nitrogens is 1. The van der Waals surface area contributed by atoms with E-state index < -0.39 is 0 Å². The Labute approximate surface area is 114 Å². The summed E-state index contributed by atoms with van der Waals surface area (Å²) in [5.74, 6) is 0.939. The van der Waals surface area contributed by atoms with E-state index in [9.17, 15) is 0 Å². The molecule has 0 spiro atoms. The summed E-state index contributed by atoms with van der Waals surface area (Å²) in [4.78, 5) is 4.70. The van der Waals surface area contributed by atoms with Crippen LogP contribution in [0.25, 0.3) is 0 Å². The summed E-state index contributed by atoms with van der Waals surface area (Å²) in [6, 6.07) is 0.334. The van der Waals surface area contributed by atoms with E-state index in [4.69, 9.17) is 12.2 Å². The van der Waals surface area contributed by atoms with E-state index in [2.05, 4.69) is 45.5 Å². The Bertz CT molecular complexity index is 430. The summed E-state index contributed by atoms with van der Waals surface area (Å²) in [5.41, 5.74) is 0. The summed E-state index contributed by atoms with van der Waals surface area (Å²) in [7, 11) is 2.08. The number of likely N-dealkylation sites (N-methyl/N-ethyl adjacent to an activating group) is 1. The van der Waals surface area contributed by atoms with Crippen LogP contribution < -0.4 is 4.90 Å². The van der Waals surface area contributed by atoms with Crippen LogP contribution in [0.3, 0.4) is 0 Å². The van der Waals surface area contributed by atoms with Crippen LogP contribution in [0, 0.1) is 4.77 Å². The molecule has 1 N–H and O–H groups in total. The van der Waals surface area contributed by atoms with Crippen molar-refractivity contribution in [1.82, 2.24) is 19.7 Å². The normalized spacial score (nSPS) is 16.7. The van der Waals surface area contributed by atoms with Gasteiger partial charge in [0.15, 0.2) is 4.77 Å². The lowest BCUT2D eigenvalue weighted by Gasteiger charge is -2.23. The van der Waals surface area contributed by atoms with E-state index in [1.54, 1.807) is 0 Å². The molecule has 1 aromatic rings. The fraction of sp³-hybridized carbons (Fsp3) is 0.833. The van der Waals surface area contributed by atoms with Gasteiger partial charge in [-0.1, -0.05) is 0 Å². The Hall–Kier alpha value is -0.880. The second-order valence-corrected chi connectivity index (χ2v) is 5.65. The van der Waals surface area contributed by atoms with Crippen LogP contribution in [-0.2, 0) is 0 Å². The van der Waals surface area contributed by atoms with Gasteiger partial charge in [-0.3, -0.25) is 4.57 Å². The number of anilines is 1. The quantitative estimate of drug-likeness (QED) is 0.831. The van der Waals surface area contributed by atoms with Crippen molar-refractivity contribution in [3.8, 4) is 0 Å². The van der Waals surface area contributed by atoms with E-state index in [-0.39, 0.29) is 0 Å². The first-order valence-corrected chi connectivity index (χ1v) is 7.11. The summed E-state index contributed by atoms with van der Waals surface area (Å²) >= 11 is 5.27. The molecular weight excluding hydrogens is 246 g/mol. The summed E-state index contributed by atoms with van der Waals surface area (Å²) in [6.45, 7) is 8.84. The maximum atomic E-state index is 5.27. The molecule has 1 aliphatic heterocycles. The van der Waals surface area contributed by atoms with E-state index in [1.807, 2.05) is 0 Å². The second-order valence-electron chi connectivity index (χ2n) is 5.26. The molecule has 102 valence electrons. The molecule has 1 aromatic heterocycles. The monoisotopic (exact) mass is 269 g/mol. The standard InChI is InChI=1S/C12H23N5S/c1-10(2)17-11(13-14-12(17)18)15(3)8-9-16-6-4-5-7-16/h10H,4-9H2,1-3H3,(H,14,18). The van der Waals surface area contributed by atoms with E-state index in [1.165, 1.54) is 25.9 Å². The zero-order chi connectivity index (χ0) is 13.1. The van der Waals surface area contributed by atoms with Crippen molar-refractivity contribution < 1.29 is 0 Å². The molecule has 2 heterocycles. The molecule has 0 atom stereocenters. The van der Waals surface area contributed by atoms with Gasteiger partial charge >= 0.3 is 0 Å². The van der Waals surface area contributed by atoms with Crippen molar-refractivity contribution in [2.45, 2.75) is 32.7 Å². The molecule has 0 saturated carbocycles. The van der Waals surface area contributed by atoms with Crippen molar-refractivity contribution >= 4 is 18.2 Å². The number of likely N-dealkylation sites (tertiary alicyclic amines) is 1. The number of aromatic amines is 1. The first kappa shape index (κ1) is 13.5. The van der Waals surface area contributed by atoms with Gasteiger partial charge in [-0.15, -0.1) is 5.10 Å². The maximum Gasteiger partial charge on any atom is 0.225 e. The molecule has 1 aliphatic rings. The molecule has 18 heavy (non-hydrogen) atoms. The van der Waals surface area contributed by atoms with Gasteiger partial charge in [0.1, 0.15) is 0 Å². The molecule has 0 unspecified atom stereocenters. The number of hydrogen-bond acceptors (Lipinski definition) is 4. The van der Waals surface area contributed by atoms with Gasteiger partial charge in [0.2, 0.25) is 5.95 Å². The Kier molecular flexibility index (Phi) is 4.40. The van der Waals surface area contributed by atoms with Crippen molar-refractivity contribution in [3.05, 3.63) is 4.77 Å². The maximum absolute atomic E-state index is 5.27. The van der Waals surface area contributed by atoms with Crippen LogP contribution in [0.1, 0.15) is 32.7 Å². The van der Waals surface area contributed by atoms with Gasteiger partial charge in [0, 0.05) is 26.2 Å². The number of hydrogen-bond donors (Lipinski definition) is 1. The molecule has 2 rings (SSSR count). The van der Waals surface area contributed by atoms with Crippen LogP contribution in [0.2, 0.25) is 0 Å². The van der Waals surface area contributed by atoms with Crippen LogP contribution in [0.15, 0.2) is 0 Å². The first-order chi connectivity index (χ1) is 8.59. The molecule has 0 aliphatic carbocycles. The zero-order valence-corrected chi connectivity index (χ0v) is 12.3. The lowest BCUT2D eigenvalue weighted by Crippen LogP contribution is -2.33. The zero-order valence-electron chi connectivity index (χ0n) is 11.5. The molecule has 0 aromatic carbocycles. The predicted octanol–water partition coefficient (Wildman–Crippen LogP) is 2.05. The Balaban J connectivity index is 1.99. The predicted molar refractivity (Wildman–Crippen MR) is 76.7 cm³/mol. The molecular formula is C12H23N5S. The van der Waals surface area contributed by atoms with Crippen molar-refractivity contribution in [1.29, 1.82) is 0 Å². The van der Waals surface area contributed by atoms with Gasteiger partial charge in [-0.25, -0.2) is 5.10 Å². The third-order valence-corrected chi connectivity index (χ3v) is 3.78. The van der Waals surface area contributed by atoms with Gasteiger partial charge < -0.3 is 9.80 Å². The minimum atomic E-state index is 0.334. The van der Waals surface area contributed by atoms with Crippen LogP contribution >= 0.6 is 12.2 Å². The third-order valence-electron chi connectivity index (χ3n) is 3.49. The summed E-state index contributed by atoms with van der Waals surface area (Å²) < 4.78 is 2.77. The number of nitrogens with one attached hydrogen (secondary N) is 1. The highest BCUT2D eigenvalue weighted by Crippen LogP contribution is 2.16. The molecule has 0 amide bonds. The molecule has 5 nitrogen and oxygen atoms in total. The number of aromatic nitrogens is 3. The summed E-state index contributed by atoms with van der Waals surface area (Å²) in [6.07, 6.45) is 2.68. The SMILES string of the molecule is CC(C)n1c(N(C)CCN2CCCC2)n[nH]c1=S. The smallest absolute Gasteiger partial charge is 0.225 e. The minimum Gasteiger partial charge on any atom is -0.343 e. The van der Waals surface area contributed by atoms with Crippen LogP contribution in [0.4, 0.5) is 5.95 Å². The Morgan fingerprint density at radius 2 is 2.06 bits per heavy atom. The molecule has 0 bridgehead atoms. The van der Waals surface area contributed by atoms with Crippen molar-refractivity contribution in [3.63, 3.8) is 0 Å². The third kappa shape index (κ3) is 2.92.